The summed E-state index contributed by atoms with van der Waals surface area (Å²) in [6, 6.07) is 7.86. The number of hydrogen-bond acceptors (Lipinski definition) is 3. The summed E-state index contributed by atoms with van der Waals surface area (Å²) in [6.45, 7) is 2.39. The Bertz CT molecular complexity index is 471. The molecule has 1 aromatic carbocycles. The third kappa shape index (κ3) is 2.96. The second kappa shape index (κ2) is 5.31. The maximum absolute atomic E-state index is 11.9. The van der Waals surface area contributed by atoms with E-state index >= 15 is 0 Å². The number of benzene rings is 1. The Balaban J connectivity index is 1.91. The number of nitrogens with two attached hydrogens (primary N) is 1. The molecule has 0 bridgehead atoms. The molecular weight excluding hydrogens is 228 g/mol. The molecule has 1 aliphatic heterocycles. The summed E-state index contributed by atoms with van der Waals surface area (Å²) < 4.78 is 0. The fraction of sp³-hybridized carbons (Fsp3) is 0.429. The number of carbonyl (C=O) groups excluding carboxylic acids is 2. The van der Waals surface area contributed by atoms with Crippen molar-refractivity contribution in [1.82, 2.24) is 4.90 Å². The van der Waals surface area contributed by atoms with Crippen molar-refractivity contribution >= 4 is 11.8 Å². The number of likely N-dealkylation sites (tertiary alicyclic amines) is 1. The lowest BCUT2D eigenvalue weighted by atomic mass is 10.1. The summed E-state index contributed by atoms with van der Waals surface area (Å²) in [4.78, 5) is 24.7. The third-order valence-electron chi connectivity index (χ3n) is 3.17. The van der Waals surface area contributed by atoms with Gasteiger partial charge in [-0.1, -0.05) is 29.8 Å². The molecular formula is C14H18N2O2. The zero-order valence-corrected chi connectivity index (χ0v) is 10.6. The van der Waals surface area contributed by atoms with Crippen LogP contribution in [0.25, 0.3) is 0 Å². The maximum atomic E-state index is 11.9. The first-order valence-electron chi connectivity index (χ1n) is 6.20. The van der Waals surface area contributed by atoms with Gasteiger partial charge in [0.1, 0.15) is 0 Å². The summed E-state index contributed by atoms with van der Waals surface area (Å²) >= 11 is 0. The van der Waals surface area contributed by atoms with Crippen molar-refractivity contribution < 1.29 is 9.59 Å². The van der Waals surface area contributed by atoms with Crippen LogP contribution in [0.3, 0.4) is 0 Å². The van der Waals surface area contributed by atoms with E-state index in [9.17, 15) is 9.59 Å². The fourth-order valence-corrected chi connectivity index (χ4v) is 2.23. The summed E-state index contributed by atoms with van der Waals surface area (Å²) in [5, 5.41) is 0. The van der Waals surface area contributed by atoms with E-state index in [0.717, 1.165) is 5.56 Å². The third-order valence-corrected chi connectivity index (χ3v) is 3.17. The molecule has 2 rings (SSSR count). The van der Waals surface area contributed by atoms with Gasteiger partial charge in [-0.15, -0.1) is 0 Å². The number of aryl methyl sites for hydroxylation is 2. The molecule has 96 valence electrons. The van der Waals surface area contributed by atoms with Gasteiger partial charge in [0, 0.05) is 25.4 Å². The molecule has 18 heavy (non-hydrogen) atoms. The second-order valence-electron chi connectivity index (χ2n) is 4.85. The van der Waals surface area contributed by atoms with Gasteiger partial charge in [0.15, 0.2) is 0 Å². The molecule has 0 saturated carbocycles. The van der Waals surface area contributed by atoms with Gasteiger partial charge in [-0.3, -0.25) is 14.5 Å². The van der Waals surface area contributed by atoms with Gasteiger partial charge < -0.3 is 5.73 Å². The minimum atomic E-state index is -0.194. The van der Waals surface area contributed by atoms with Crippen LogP contribution in [0.4, 0.5) is 0 Å². The summed E-state index contributed by atoms with van der Waals surface area (Å²) in [5.41, 5.74) is 7.97. The van der Waals surface area contributed by atoms with E-state index in [1.165, 1.54) is 10.5 Å². The Morgan fingerprint density at radius 1 is 1.50 bits per heavy atom. The topological polar surface area (TPSA) is 63.4 Å². The van der Waals surface area contributed by atoms with Crippen LogP contribution in [-0.4, -0.2) is 29.3 Å². The van der Waals surface area contributed by atoms with Crippen molar-refractivity contribution in [3.05, 3.63) is 35.4 Å². The number of imide groups is 1. The zero-order chi connectivity index (χ0) is 13.1. The van der Waals surface area contributed by atoms with Crippen LogP contribution in [0.5, 0.6) is 0 Å². The molecule has 2 N–H and O–H groups in total. The quantitative estimate of drug-likeness (QED) is 0.866. The van der Waals surface area contributed by atoms with E-state index in [4.69, 9.17) is 5.73 Å². The smallest absolute Gasteiger partial charge is 0.230 e. The first-order chi connectivity index (χ1) is 8.56. The first kappa shape index (κ1) is 12.8. The summed E-state index contributed by atoms with van der Waals surface area (Å²) in [5.74, 6) is -0.258. The van der Waals surface area contributed by atoms with E-state index in [-0.39, 0.29) is 24.3 Å². The summed E-state index contributed by atoms with van der Waals surface area (Å²) in [6.07, 6.45) is 1.32. The minimum absolute atomic E-state index is 0.116. The SMILES string of the molecule is Cc1cccc(CCC(=O)N2CC(N)CC2=O)c1. The van der Waals surface area contributed by atoms with Crippen LogP contribution in [0.2, 0.25) is 0 Å². The number of hydrogen-bond donors (Lipinski definition) is 1. The van der Waals surface area contributed by atoms with Crippen LogP contribution in [0.1, 0.15) is 24.0 Å². The van der Waals surface area contributed by atoms with E-state index in [1.54, 1.807) is 0 Å². The van der Waals surface area contributed by atoms with E-state index < -0.39 is 0 Å². The van der Waals surface area contributed by atoms with Crippen molar-refractivity contribution in [3.63, 3.8) is 0 Å². The number of rotatable bonds is 3. The van der Waals surface area contributed by atoms with Gasteiger partial charge in [-0.25, -0.2) is 0 Å². The van der Waals surface area contributed by atoms with E-state index in [1.807, 2.05) is 25.1 Å². The van der Waals surface area contributed by atoms with Crippen molar-refractivity contribution in [1.29, 1.82) is 0 Å². The maximum Gasteiger partial charge on any atom is 0.230 e. The molecule has 1 fully saturated rings. The molecule has 0 spiro atoms. The zero-order valence-electron chi connectivity index (χ0n) is 10.6. The number of nitrogens with zero attached hydrogens (tertiary/aromatic N) is 1. The molecule has 2 amide bonds. The minimum Gasteiger partial charge on any atom is -0.326 e. The molecule has 0 aromatic heterocycles. The largest absolute Gasteiger partial charge is 0.326 e. The molecule has 1 aromatic rings. The lowest BCUT2D eigenvalue weighted by molar-refractivity contribution is -0.141. The fourth-order valence-electron chi connectivity index (χ4n) is 2.23. The Labute approximate surface area is 107 Å². The van der Waals surface area contributed by atoms with E-state index in [2.05, 4.69) is 6.07 Å². The molecule has 1 aliphatic rings. The Morgan fingerprint density at radius 3 is 2.89 bits per heavy atom. The van der Waals surface area contributed by atoms with Crippen molar-refractivity contribution in [2.75, 3.05) is 6.54 Å². The molecule has 0 aliphatic carbocycles. The van der Waals surface area contributed by atoms with Gasteiger partial charge >= 0.3 is 0 Å². The molecule has 1 saturated heterocycles. The van der Waals surface area contributed by atoms with Crippen LogP contribution in [0.15, 0.2) is 24.3 Å². The average Bonchev–Trinajstić information content (AvgIpc) is 2.66. The lowest BCUT2D eigenvalue weighted by Gasteiger charge is -2.13. The molecule has 1 unspecified atom stereocenters. The van der Waals surface area contributed by atoms with Gasteiger partial charge in [-0.05, 0) is 18.9 Å². The van der Waals surface area contributed by atoms with Crippen molar-refractivity contribution in [2.45, 2.75) is 32.2 Å². The predicted molar refractivity (Wildman–Crippen MR) is 68.8 cm³/mol. The molecule has 4 nitrogen and oxygen atoms in total. The average molecular weight is 246 g/mol. The highest BCUT2D eigenvalue weighted by Crippen LogP contribution is 2.13. The van der Waals surface area contributed by atoms with Gasteiger partial charge in [0.05, 0.1) is 0 Å². The Morgan fingerprint density at radius 2 is 2.28 bits per heavy atom. The second-order valence-corrected chi connectivity index (χ2v) is 4.85. The van der Waals surface area contributed by atoms with Gasteiger partial charge in [-0.2, -0.15) is 0 Å². The van der Waals surface area contributed by atoms with Crippen molar-refractivity contribution in [2.24, 2.45) is 5.73 Å². The van der Waals surface area contributed by atoms with Gasteiger partial charge in [0.25, 0.3) is 0 Å². The Hall–Kier alpha value is -1.68. The van der Waals surface area contributed by atoms with Gasteiger partial charge in [0.2, 0.25) is 11.8 Å². The van der Waals surface area contributed by atoms with Crippen molar-refractivity contribution in [3.8, 4) is 0 Å². The predicted octanol–water partition coefficient (Wildman–Crippen LogP) is 1.01. The highest BCUT2D eigenvalue weighted by molar-refractivity contribution is 5.97. The molecule has 1 heterocycles. The van der Waals surface area contributed by atoms with E-state index in [0.29, 0.717) is 19.4 Å². The van der Waals surface area contributed by atoms with Crippen LogP contribution in [-0.2, 0) is 16.0 Å². The molecule has 4 heteroatoms. The highest BCUT2D eigenvalue weighted by atomic mass is 16.2. The summed E-state index contributed by atoms with van der Waals surface area (Å²) in [7, 11) is 0. The lowest BCUT2D eigenvalue weighted by Crippen LogP contribution is -2.34. The van der Waals surface area contributed by atoms with Crippen LogP contribution in [0, 0.1) is 6.92 Å². The first-order valence-corrected chi connectivity index (χ1v) is 6.20. The monoisotopic (exact) mass is 246 g/mol. The van der Waals surface area contributed by atoms with Crippen LogP contribution < -0.4 is 5.73 Å². The number of amides is 2. The highest BCUT2D eigenvalue weighted by Gasteiger charge is 2.31. The van der Waals surface area contributed by atoms with Crippen LogP contribution >= 0.6 is 0 Å². The molecule has 0 radical (unpaired) electrons. The number of carbonyl (C=O) groups is 2. The standard InChI is InChI=1S/C14H18N2O2/c1-10-3-2-4-11(7-10)5-6-13(17)16-9-12(15)8-14(16)18/h2-4,7,12H,5-6,8-9,15H2,1H3. The normalized spacial score (nSPS) is 19.3. The molecule has 1 atom stereocenters. The Kier molecular flexibility index (Phi) is 3.77.